The fourth-order valence-corrected chi connectivity index (χ4v) is 3.41. The maximum Gasteiger partial charge on any atom is 0.254 e. The first kappa shape index (κ1) is 17.8. The van der Waals surface area contributed by atoms with E-state index in [-0.39, 0.29) is 5.91 Å². The zero-order valence-electron chi connectivity index (χ0n) is 14.5. The standard InChI is InChI=1S/C19H24N4OS/c1-16-4-6-17(7-5-16)14-22-8-10-23(11-9-22)15-19(24)21-20-13-18-3-2-12-25-18/h2-7,12-13H,8-11,14-15H2,1H3,(H,21,24)/b20-13-. The molecular weight excluding hydrogens is 332 g/mol. The highest BCUT2D eigenvalue weighted by Crippen LogP contribution is 2.09. The van der Waals surface area contributed by atoms with Crippen molar-refractivity contribution in [2.45, 2.75) is 13.5 Å². The minimum Gasteiger partial charge on any atom is -0.297 e. The number of benzene rings is 1. The lowest BCUT2D eigenvalue weighted by Gasteiger charge is -2.34. The van der Waals surface area contributed by atoms with Gasteiger partial charge >= 0.3 is 0 Å². The Morgan fingerprint density at radius 1 is 1.16 bits per heavy atom. The van der Waals surface area contributed by atoms with Crippen LogP contribution in [0.2, 0.25) is 0 Å². The van der Waals surface area contributed by atoms with E-state index in [0.717, 1.165) is 37.6 Å². The molecule has 0 atom stereocenters. The van der Waals surface area contributed by atoms with Gasteiger partial charge in [0.2, 0.25) is 0 Å². The molecule has 1 aromatic heterocycles. The second kappa shape index (κ2) is 8.89. The predicted molar refractivity (Wildman–Crippen MR) is 103 cm³/mol. The molecule has 6 heteroatoms. The number of thiophene rings is 1. The van der Waals surface area contributed by atoms with Crippen LogP contribution in [-0.4, -0.2) is 54.6 Å². The number of hydrogen-bond acceptors (Lipinski definition) is 5. The van der Waals surface area contributed by atoms with Gasteiger partial charge in [-0.3, -0.25) is 14.6 Å². The topological polar surface area (TPSA) is 47.9 Å². The molecule has 1 aliphatic heterocycles. The lowest BCUT2D eigenvalue weighted by Crippen LogP contribution is -2.48. The minimum atomic E-state index is -0.0557. The molecule has 2 heterocycles. The van der Waals surface area contributed by atoms with Crippen molar-refractivity contribution in [1.82, 2.24) is 15.2 Å². The molecule has 5 nitrogen and oxygen atoms in total. The summed E-state index contributed by atoms with van der Waals surface area (Å²) in [7, 11) is 0. The van der Waals surface area contributed by atoms with Gasteiger partial charge in [-0.05, 0) is 23.9 Å². The highest BCUT2D eigenvalue weighted by Gasteiger charge is 2.18. The van der Waals surface area contributed by atoms with Crippen LogP contribution >= 0.6 is 11.3 Å². The third-order valence-corrected chi connectivity index (χ3v) is 5.09. The molecule has 0 radical (unpaired) electrons. The average Bonchev–Trinajstić information content (AvgIpc) is 3.12. The van der Waals surface area contributed by atoms with E-state index in [2.05, 4.69) is 51.5 Å². The van der Waals surface area contributed by atoms with Gasteiger partial charge in [-0.2, -0.15) is 5.10 Å². The van der Waals surface area contributed by atoms with E-state index < -0.39 is 0 Å². The first-order chi connectivity index (χ1) is 12.2. The van der Waals surface area contributed by atoms with E-state index in [9.17, 15) is 4.79 Å². The molecule has 0 bridgehead atoms. The summed E-state index contributed by atoms with van der Waals surface area (Å²) >= 11 is 1.60. The smallest absolute Gasteiger partial charge is 0.254 e. The lowest BCUT2D eigenvalue weighted by molar-refractivity contribution is -0.122. The lowest BCUT2D eigenvalue weighted by atomic mass is 10.1. The molecule has 1 N–H and O–H groups in total. The molecule has 1 amide bonds. The van der Waals surface area contributed by atoms with Gasteiger partial charge in [0.25, 0.3) is 5.91 Å². The maximum absolute atomic E-state index is 12.0. The molecule has 1 saturated heterocycles. The normalized spacial score (nSPS) is 16.4. The van der Waals surface area contributed by atoms with Crippen LogP contribution in [0.25, 0.3) is 0 Å². The van der Waals surface area contributed by atoms with Crippen LogP contribution < -0.4 is 5.43 Å². The van der Waals surface area contributed by atoms with Gasteiger partial charge in [-0.1, -0.05) is 35.9 Å². The van der Waals surface area contributed by atoms with Crippen molar-refractivity contribution in [1.29, 1.82) is 0 Å². The molecule has 1 fully saturated rings. The molecular formula is C19H24N4OS. The van der Waals surface area contributed by atoms with Gasteiger partial charge in [0.05, 0.1) is 12.8 Å². The van der Waals surface area contributed by atoms with E-state index in [0.29, 0.717) is 6.54 Å². The number of rotatable bonds is 6. The summed E-state index contributed by atoms with van der Waals surface area (Å²) in [5, 5.41) is 5.99. The van der Waals surface area contributed by atoms with Crippen molar-refractivity contribution in [3.63, 3.8) is 0 Å². The van der Waals surface area contributed by atoms with Crippen LogP contribution in [0, 0.1) is 6.92 Å². The van der Waals surface area contributed by atoms with E-state index in [1.165, 1.54) is 11.1 Å². The Balaban J connectivity index is 1.37. The number of carbonyl (C=O) groups is 1. The van der Waals surface area contributed by atoms with E-state index in [4.69, 9.17) is 0 Å². The van der Waals surface area contributed by atoms with E-state index in [1.54, 1.807) is 17.6 Å². The first-order valence-electron chi connectivity index (χ1n) is 8.55. The Morgan fingerprint density at radius 3 is 2.56 bits per heavy atom. The van der Waals surface area contributed by atoms with Gasteiger partial charge in [0.1, 0.15) is 0 Å². The SMILES string of the molecule is Cc1ccc(CN2CCN(CC(=O)N/N=C\c3cccs3)CC2)cc1. The highest BCUT2D eigenvalue weighted by molar-refractivity contribution is 7.11. The molecule has 1 aromatic carbocycles. The van der Waals surface area contributed by atoms with Crippen LogP contribution in [0.5, 0.6) is 0 Å². The molecule has 25 heavy (non-hydrogen) atoms. The summed E-state index contributed by atoms with van der Waals surface area (Å²) in [6, 6.07) is 12.6. The summed E-state index contributed by atoms with van der Waals surface area (Å²) in [6.07, 6.45) is 1.68. The summed E-state index contributed by atoms with van der Waals surface area (Å²) < 4.78 is 0. The number of carbonyl (C=O) groups excluding carboxylic acids is 1. The van der Waals surface area contributed by atoms with Gasteiger partial charge < -0.3 is 0 Å². The summed E-state index contributed by atoms with van der Waals surface area (Å²) in [5.74, 6) is -0.0557. The van der Waals surface area contributed by atoms with Gasteiger partial charge in [-0.25, -0.2) is 5.43 Å². The third kappa shape index (κ3) is 5.77. The van der Waals surface area contributed by atoms with Crippen molar-refractivity contribution >= 4 is 23.5 Å². The van der Waals surface area contributed by atoms with Crippen LogP contribution in [0.15, 0.2) is 46.9 Å². The maximum atomic E-state index is 12.0. The number of nitrogens with zero attached hydrogens (tertiary/aromatic N) is 3. The molecule has 132 valence electrons. The van der Waals surface area contributed by atoms with Crippen LogP contribution in [0.3, 0.4) is 0 Å². The van der Waals surface area contributed by atoms with E-state index >= 15 is 0 Å². The monoisotopic (exact) mass is 356 g/mol. The number of piperazine rings is 1. The Labute approximate surface area is 153 Å². The summed E-state index contributed by atoms with van der Waals surface area (Å²) in [6.45, 7) is 7.28. The molecule has 2 aromatic rings. The molecule has 0 spiro atoms. The number of aryl methyl sites for hydroxylation is 1. The largest absolute Gasteiger partial charge is 0.297 e. The quantitative estimate of drug-likeness (QED) is 0.638. The van der Waals surface area contributed by atoms with Crippen molar-refractivity contribution < 1.29 is 4.79 Å². The average molecular weight is 356 g/mol. The zero-order chi connectivity index (χ0) is 17.5. The summed E-state index contributed by atoms with van der Waals surface area (Å²) in [5.41, 5.74) is 5.25. The number of nitrogens with one attached hydrogen (secondary N) is 1. The van der Waals surface area contributed by atoms with Gasteiger partial charge in [-0.15, -0.1) is 11.3 Å². The highest BCUT2D eigenvalue weighted by atomic mass is 32.1. The summed E-state index contributed by atoms with van der Waals surface area (Å²) in [4.78, 5) is 17.6. The van der Waals surface area contributed by atoms with Crippen LogP contribution in [0.1, 0.15) is 16.0 Å². The predicted octanol–water partition coefficient (Wildman–Crippen LogP) is 2.32. The molecule has 0 unspecified atom stereocenters. The van der Waals surface area contributed by atoms with E-state index in [1.807, 2.05) is 17.5 Å². The first-order valence-corrected chi connectivity index (χ1v) is 9.43. The van der Waals surface area contributed by atoms with Crippen LogP contribution in [-0.2, 0) is 11.3 Å². The second-order valence-corrected chi connectivity index (χ2v) is 7.33. The van der Waals surface area contributed by atoms with Crippen molar-refractivity contribution in [2.75, 3.05) is 32.7 Å². The minimum absolute atomic E-state index is 0.0557. The van der Waals surface area contributed by atoms with Crippen LogP contribution in [0.4, 0.5) is 0 Å². The van der Waals surface area contributed by atoms with Gasteiger partial charge in [0.15, 0.2) is 0 Å². The molecule has 0 saturated carbocycles. The Bertz CT molecular complexity index is 689. The number of hydrogen-bond donors (Lipinski definition) is 1. The Hall–Kier alpha value is -2.02. The number of amides is 1. The Kier molecular flexibility index (Phi) is 6.33. The fourth-order valence-electron chi connectivity index (χ4n) is 2.83. The van der Waals surface area contributed by atoms with Crippen molar-refractivity contribution in [3.8, 4) is 0 Å². The van der Waals surface area contributed by atoms with Gasteiger partial charge in [0, 0.05) is 37.6 Å². The Morgan fingerprint density at radius 2 is 1.88 bits per heavy atom. The third-order valence-electron chi connectivity index (χ3n) is 4.28. The van der Waals surface area contributed by atoms with Crippen molar-refractivity contribution in [2.24, 2.45) is 5.10 Å². The second-order valence-electron chi connectivity index (χ2n) is 6.35. The molecule has 0 aliphatic carbocycles. The zero-order valence-corrected chi connectivity index (χ0v) is 15.3. The molecule has 3 rings (SSSR count). The number of hydrazone groups is 1. The fraction of sp³-hybridized carbons (Fsp3) is 0.368. The van der Waals surface area contributed by atoms with Crippen molar-refractivity contribution in [3.05, 3.63) is 57.8 Å². The molecule has 1 aliphatic rings.